The van der Waals surface area contributed by atoms with Gasteiger partial charge in [-0.05, 0) is 102 Å². The molecule has 2 fully saturated rings. The summed E-state index contributed by atoms with van der Waals surface area (Å²) >= 11 is 0. The highest BCUT2D eigenvalue weighted by atomic mass is 19.1. The van der Waals surface area contributed by atoms with Crippen LogP contribution in [-0.4, -0.2) is 42.7 Å². The first-order chi connectivity index (χ1) is 22.5. The molecule has 10 heteroatoms. The minimum absolute atomic E-state index is 0.0409. The molecule has 0 spiro atoms. The molecule has 1 unspecified atom stereocenters. The maximum Gasteiger partial charge on any atom is 0.495 e. The topological polar surface area (TPSA) is 93.9 Å². The zero-order valence-electron chi connectivity index (χ0n) is 29.4. The van der Waals surface area contributed by atoms with E-state index in [1.54, 1.807) is 24.3 Å². The maximum absolute atomic E-state index is 14.7. The van der Waals surface area contributed by atoms with Crippen molar-refractivity contribution in [3.8, 4) is 11.3 Å². The molecule has 48 heavy (non-hydrogen) atoms. The lowest BCUT2D eigenvalue weighted by Gasteiger charge is -2.37. The van der Waals surface area contributed by atoms with Gasteiger partial charge < -0.3 is 23.9 Å². The van der Waals surface area contributed by atoms with E-state index >= 15 is 0 Å². The largest absolute Gasteiger partial charge is 0.495 e. The van der Waals surface area contributed by atoms with Crippen molar-refractivity contribution in [2.45, 2.75) is 92.4 Å². The third kappa shape index (κ3) is 6.16. The Labute approximate surface area is 282 Å². The number of carbonyl (C=O) groups excluding carboxylic acids is 1. The number of carbonyl (C=O) groups is 1. The van der Waals surface area contributed by atoms with Gasteiger partial charge in [0.15, 0.2) is 5.43 Å². The van der Waals surface area contributed by atoms with Crippen molar-refractivity contribution in [2.75, 3.05) is 23.3 Å². The Morgan fingerprint density at radius 3 is 2.29 bits per heavy atom. The van der Waals surface area contributed by atoms with Crippen molar-refractivity contribution in [1.29, 1.82) is 0 Å². The van der Waals surface area contributed by atoms with E-state index in [4.69, 9.17) is 13.7 Å². The SMILES string of the molecule is Cc1cc(C(C)Nc2ccc(F)nc2-c2ccc(B3OC(C)(C)C(C)(C)O3)c(C=O)c2)c2oc(N3CCC(C)(C)CC3)c(C)c(=O)c2c1. The number of piperidine rings is 1. The zero-order valence-corrected chi connectivity index (χ0v) is 29.4. The molecule has 0 bridgehead atoms. The van der Waals surface area contributed by atoms with Crippen LogP contribution in [0.4, 0.5) is 16.0 Å². The van der Waals surface area contributed by atoms with Crippen LogP contribution >= 0.6 is 0 Å². The third-order valence-electron chi connectivity index (χ3n) is 10.5. The molecule has 1 N–H and O–H groups in total. The van der Waals surface area contributed by atoms with Gasteiger partial charge in [0, 0.05) is 29.8 Å². The lowest BCUT2D eigenvalue weighted by molar-refractivity contribution is 0.00578. The number of fused-ring (bicyclic) bond motifs is 1. The van der Waals surface area contributed by atoms with Gasteiger partial charge in [-0.15, -0.1) is 0 Å². The van der Waals surface area contributed by atoms with Gasteiger partial charge in [0.25, 0.3) is 0 Å². The minimum Gasteiger partial charge on any atom is -0.440 e. The lowest BCUT2D eigenvalue weighted by atomic mass is 9.75. The molecule has 4 heterocycles. The molecule has 2 aliphatic rings. The molecular formula is C38H45BFN3O5. The van der Waals surface area contributed by atoms with E-state index in [0.717, 1.165) is 43.3 Å². The summed E-state index contributed by atoms with van der Waals surface area (Å²) in [5, 5.41) is 4.03. The zero-order chi connectivity index (χ0) is 34.8. The molecular weight excluding hydrogens is 608 g/mol. The van der Waals surface area contributed by atoms with Crippen LogP contribution in [0.15, 0.2) is 51.7 Å². The van der Waals surface area contributed by atoms with Crippen LogP contribution < -0.4 is 21.1 Å². The number of halogens is 1. The number of hydrogen-bond donors (Lipinski definition) is 1. The van der Waals surface area contributed by atoms with Gasteiger partial charge in [0.05, 0.1) is 39.6 Å². The van der Waals surface area contributed by atoms with Gasteiger partial charge in [0.1, 0.15) is 11.9 Å². The molecule has 2 aromatic carbocycles. The van der Waals surface area contributed by atoms with Crippen molar-refractivity contribution in [3.05, 3.63) is 80.9 Å². The van der Waals surface area contributed by atoms with Crippen LogP contribution in [0.5, 0.6) is 0 Å². The van der Waals surface area contributed by atoms with Gasteiger partial charge in [-0.2, -0.15) is 4.39 Å². The number of aryl methyl sites for hydroxylation is 1. The molecule has 0 amide bonds. The summed E-state index contributed by atoms with van der Waals surface area (Å²) in [5.41, 5.74) is 4.36. The normalized spacial score (nSPS) is 19.0. The second-order valence-electron chi connectivity index (χ2n) is 15.2. The average molecular weight is 654 g/mol. The van der Waals surface area contributed by atoms with Gasteiger partial charge in [-0.1, -0.05) is 32.0 Å². The number of benzene rings is 2. The summed E-state index contributed by atoms with van der Waals surface area (Å²) < 4.78 is 33.7. The summed E-state index contributed by atoms with van der Waals surface area (Å²) in [4.78, 5) is 32.5. The first-order valence-corrected chi connectivity index (χ1v) is 16.7. The van der Waals surface area contributed by atoms with Crippen LogP contribution in [0, 0.1) is 25.2 Å². The molecule has 6 rings (SSSR count). The Balaban J connectivity index is 1.37. The van der Waals surface area contributed by atoms with Crippen LogP contribution in [0.25, 0.3) is 22.2 Å². The Kier molecular flexibility index (Phi) is 8.57. The quantitative estimate of drug-likeness (QED) is 0.124. The predicted molar refractivity (Wildman–Crippen MR) is 190 cm³/mol. The van der Waals surface area contributed by atoms with E-state index in [-0.39, 0.29) is 16.9 Å². The van der Waals surface area contributed by atoms with Crippen LogP contribution in [0.2, 0.25) is 0 Å². The fraction of sp³-hybridized carbons (Fsp3) is 0.447. The molecule has 2 saturated heterocycles. The second kappa shape index (κ2) is 12.1. The number of hydrogen-bond acceptors (Lipinski definition) is 8. The molecule has 0 saturated carbocycles. The predicted octanol–water partition coefficient (Wildman–Crippen LogP) is 7.52. The van der Waals surface area contributed by atoms with Crippen molar-refractivity contribution in [1.82, 2.24) is 4.98 Å². The number of nitrogens with one attached hydrogen (secondary N) is 1. The molecule has 0 aliphatic carbocycles. The molecule has 4 aromatic rings. The van der Waals surface area contributed by atoms with Gasteiger partial charge >= 0.3 is 7.12 Å². The molecule has 2 aliphatic heterocycles. The monoisotopic (exact) mass is 653 g/mol. The van der Waals surface area contributed by atoms with Crippen LogP contribution in [-0.2, 0) is 9.31 Å². The molecule has 8 nitrogen and oxygen atoms in total. The summed E-state index contributed by atoms with van der Waals surface area (Å²) in [6, 6.07) is 11.7. The molecule has 2 aromatic heterocycles. The van der Waals surface area contributed by atoms with E-state index in [1.165, 1.54) is 6.07 Å². The number of anilines is 2. The van der Waals surface area contributed by atoms with Gasteiger partial charge in [-0.3, -0.25) is 9.59 Å². The van der Waals surface area contributed by atoms with Crippen molar-refractivity contribution in [2.24, 2.45) is 5.41 Å². The highest BCUT2D eigenvalue weighted by molar-refractivity contribution is 6.63. The molecule has 1 atom stereocenters. The summed E-state index contributed by atoms with van der Waals surface area (Å²) in [5.74, 6) is -0.0318. The molecule has 0 radical (unpaired) electrons. The number of pyridine rings is 1. The van der Waals surface area contributed by atoms with Crippen LogP contribution in [0.3, 0.4) is 0 Å². The van der Waals surface area contributed by atoms with Crippen molar-refractivity contribution in [3.63, 3.8) is 0 Å². The summed E-state index contributed by atoms with van der Waals surface area (Å²) in [6.45, 7) is 19.8. The Morgan fingerprint density at radius 1 is 0.979 bits per heavy atom. The minimum atomic E-state index is -0.725. The van der Waals surface area contributed by atoms with Gasteiger partial charge in [-0.25, -0.2) is 4.98 Å². The first kappa shape index (κ1) is 33.9. The van der Waals surface area contributed by atoms with Crippen molar-refractivity contribution >= 4 is 41.4 Å². The standard InChI is InChI=1S/C38H45BFN3O5/c1-22-18-27(34-28(19-22)33(45)23(2)35(46-34)43-16-14-36(4,5)15-17-43)24(3)41-30-12-13-31(40)42-32(30)25-10-11-29(26(20-25)21-44)39-47-37(6,7)38(8,9)48-39/h10-13,18-21,24,41H,14-17H2,1-9H3. The fourth-order valence-electron chi connectivity index (χ4n) is 6.59. The second-order valence-corrected chi connectivity index (χ2v) is 15.2. The lowest BCUT2D eigenvalue weighted by Crippen LogP contribution is -2.41. The number of nitrogens with zero attached hydrogens (tertiary/aromatic N) is 2. The van der Waals surface area contributed by atoms with E-state index in [2.05, 4.69) is 29.0 Å². The fourth-order valence-corrected chi connectivity index (χ4v) is 6.59. The van der Waals surface area contributed by atoms with Gasteiger partial charge in [0.2, 0.25) is 11.8 Å². The summed E-state index contributed by atoms with van der Waals surface area (Å²) in [6.07, 6.45) is 2.77. The average Bonchev–Trinajstić information content (AvgIpc) is 3.25. The van der Waals surface area contributed by atoms with E-state index in [1.807, 2.05) is 60.6 Å². The Bertz CT molecular complexity index is 1940. The first-order valence-electron chi connectivity index (χ1n) is 16.7. The number of aldehydes is 1. The number of aromatic nitrogens is 1. The van der Waals surface area contributed by atoms with Crippen LogP contribution in [0.1, 0.15) is 94.4 Å². The third-order valence-corrected chi connectivity index (χ3v) is 10.5. The summed E-state index contributed by atoms with van der Waals surface area (Å²) in [7, 11) is -0.725. The van der Waals surface area contributed by atoms with Crippen molar-refractivity contribution < 1.29 is 22.9 Å². The molecule has 252 valence electrons. The maximum atomic E-state index is 14.7. The van der Waals surface area contributed by atoms with E-state index in [0.29, 0.717) is 50.4 Å². The number of rotatable bonds is 7. The smallest absolute Gasteiger partial charge is 0.440 e. The highest BCUT2D eigenvalue weighted by Crippen LogP contribution is 2.39. The Hall–Kier alpha value is -4.02. The Morgan fingerprint density at radius 2 is 1.65 bits per heavy atom. The van der Waals surface area contributed by atoms with E-state index in [9.17, 15) is 14.0 Å². The van der Waals surface area contributed by atoms with E-state index < -0.39 is 24.3 Å². The highest BCUT2D eigenvalue weighted by Gasteiger charge is 2.52.